The number of nitrogens with one attached hydrogen (secondary N) is 1. The van der Waals surface area contributed by atoms with Gasteiger partial charge in [0.1, 0.15) is 5.82 Å². The second-order valence-electron chi connectivity index (χ2n) is 5.17. The first-order chi connectivity index (χ1) is 10.8. The van der Waals surface area contributed by atoms with Crippen molar-refractivity contribution in [3.8, 4) is 0 Å². The molecule has 3 heterocycles. The third kappa shape index (κ3) is 3.56. The van der Waals surface area contributed by atoms with Crippen LogP contribution in [0.4, 0.5) is 0 Å². The Morgan fingerprint density at radius 1 is 1.00 bits per heavy atom. The monoisotopic (exact) mass is 293 g/mol. The van der Waals surface area contributed by atoms with Gasteiger partial charge in [-0.15, -0.1) is 0 Å². The predicted octanol–water partition coefficient (Wildman–Crippen LogP) is 2.28. The standard InChI is InChI=1S/C17H19N5/c1-22-11-10-20-17(22)13-21-16(15-7-3-5-9-19-15)12-14-6-2-4-8-18-14/h2-11,16,21H,12-13H2,1H3. The number of nitrogens with zero attached hydrogens (tertiary/aromatic N) is 4. The van der Waals surface area contributed by atoms with Crippen molar-refractivity contribution in [1.29, 1.82) is 0 Å². The first-order valence-corrected chi connectivity index (χ1v) is 7.33. The fraction of sp³-hybridized carbons (Fsp3) is 0.235. The Balaban J connectivity index is 1.76. The Bertz CT molecular complexity index is 693. The lowest BCUT2D eigenvalue weighted by molar-refractivity contribution is 0.497. The maximum absolute atomic E-state index is 4.48. The minimum atomic E-state index is 0.104. The fourth-order valence-electron chi connectivity index (χ4n) is 2.37. The van der Waals surface area contributed by atoms with Gasteiger partial charge in [0.15, 0.2) is 0 Å². The molecule has 0 saturated heterocycles. The molecule has 3 aromatic rings. The molecule has 0 aliphatic rings. The van der Waals surface area contributed by atoms with Crippen LogP contribution in [0.3, 0.4) is 0 Å². The maximum atomic E-state index is 4.48. The second-order valence-corrected chi connectivity index (χ2v) is 5.17. The van der Waals surface area contributed by atoms with E-state index in [1.54, 1.807) is 0 Å². The molecule has 1 unspecified atom stereocenters. The van der Waals surface area contributed by atoms with Gasteiger partial charge < -0.3 is 9.88 Å². The van der Waals surface area contributed by atoms with E-state index in [0.29, 0.717) is 6.54 Å². The lowest BCUT2D eigenvalue weighted by Gasteiger charge is -2.18. The van der Waals surface area contributed by atoms with E-state index in [1.165, 1.54) is 0 Å². The SMILES string of the molecule is Cn1ccnc1CNC(Cc1ccccn1)c1ccccn1. The van der Waals surface area contributed by atoms with Crippen molar-refractivity contribution in [2.24, 2.45) is 7.05 Å². The summed E-state index contributed by atoms with van der Waals surface area (Å²) >= 11 is 0. The van der Waals surface area contributed by atoms with Gasteiger partial charge in [-0.05, 0) is 24.3 Å². The maximum Gasteiger partial charge on any atom is 0.122 e. The summed E-state index contributed by atoms with van der Waals surface area (Å²) in [5, 5.41) is 3.54. The highest BCUT2D eigenvalue weighted by atomic mass is 15.1. The molecule has 0 amide bonds. The summed E-state index contributed by atoms with van der Waals surface area (Å²) in [4.78, 5) is 13.3. The molecule has 1 atom stereocenters. The van der Waals surface area contributed by atoms with Gasteiger partial charge in [-0.2, -0.15) is 0 Å². The molecular formula is C17H19N5. The lowest BCUT2D eigenvalue weighted by Crippen LogP contribution is -2.25. The molecule has 0 aromatic carbocycles. The molecule has 0 aliphatic heterocycles. The van der Waals surface area contributed by atoms with Gasteiger partial charge in [-0.1, -0.05) is 12.1 Å². The van der Waals surface area contributed by atoms with Crippen LogP contribution in [0.25, 0.3) is 0 Å². The van der Waals surface area contributed by atoms with Gasteiger partial charge in [0.2, 0.25) is 0 Å². The molecule has 3 aromatic heterocycles. The van der Waals surface area contributed by atoms with Gasteiger partial charge in [0.05, 0.1) is 18.3 Å². The summed E-state index contributed by atoms with van der Waals surface area (Å²) in [6, 6.07) is 12.1. The van der Waals surface area contributed by atoms with E-state index in [9.17, 15) is 0 Å². The van der Waals surface area contributed by atoms with Gasteiger partial charge in [0.25, 0.3) is 0 Å². The minimum Gasteiger partial charge on any atom is -0.337 e. The van der Waals surface area contributed by atoms with Gasteiger partial charge in [-0.25, -0.2) is 4.98 Å². The number of imidazole rings is 1. The molecule has 5 nitrogen and oxygen atoms in total. The van der Waals surface area contributed by atoms with Crippen molar-refractivity contribution < 1.29 is 0 Å². The molecule has 0 fully saturated rings. The summed E-state index contributed by atoms with van der Waals surface area (Å²) < 4.78 is 2.02. The van der Waals surface area contributed by atoms with Crippen LogP contribution in [-0.4, -0.2) is 19.5 Å². The van der Waals surface area contributed by atoms with Crippen molar-refractivity contribution >= 4 is 0 Å². The molecule has 0 radical (unpaired) electrons. The van der Waals surface area contributed by atoms with Gasteiger partial charge >= 0.3 is 0 Å². The highest BCUT2D eigenvalue weighted by molar-refractivity contribution is 5.14. The summed E-state index contributed by atoms with van der Waals surface area (Å²) in [6.45, 7) is 0.692. The largest absolute Gasteiger partial charge is 0.337 e. The highest BCUT2D eigenvalue weighted by Gasteiger charge is 2.14. The molecule has 0 aliphatic carbocycles. The van der Waals surface area contributed by atoms with Crippen LogP contribution in [0.5, 0.6) is 0 Å². The Morgan fingerprint density at radius 2 is 1.82 bits per heavy atom. The number of hydrogen-bond acceptors (Lipinski definition) is 4. The van der Waals surface area contributed by atoms with Crippen LogP contribution in [0, 0.1) is 0 Å². The molecular weight excluding hydrogens is 274 g/mol. The summed E-state index contributed by atoms with van der Waals surface area (Å²) in [6.07, 6.45) is 8.20. The number of hydrogen-bond donors (Lipinski definition) is 1. The van der Waals surface area contributed by atoms with E-state index >= 15 is 0 Å². The third-order valence-corrected chi connectivity index (χ3v) is 3.61. The average Bonchev–Trinajstić information content (AvgIpc) is 2.98. The van der Waals surface area contributed by atoms with Gasteiger partial charge in [-0.3, -0.25) is 9.97 Å². The normalized spacial score (nSPS) is 12.2. The fourth-order valence-corrected chi connectivity index (χ4v) is 2.37. The van der Waals surface area contributed by atoms with E-state index in [2.05, 4.69) is 20.3 Å². The zero-order valence-electron chi connectivity index (χ0n) is 12.6. The van der Waals surface area contributed by atoms with E-state index in [-0.39, 0.29) is 6.04 Å². The summed E-state index contributed by atoms with van der Waals surface area (Å²) in [5.74, 6) is 1.00. The molecule has 112 valence electrons. The van der Waals surface area contributed by atoms with E-state index in [4.69, 9.17) is 0 Å². The van der Waals surface area contributed by atoms with Crippen molar-refractivity contribution in [3.63, 3.8) is 0 Å². The number of aromatic nitrogens is 4. The van der Waals surface area contributed by atoms with Crippen molar-refractivity contribution in [1.82, 2.24) is 24.8 Å². The van der Waals surface area contributed by atoms with E-state index < -0.39 is 0 Å². The molecule has 5 heteroatoms. The van der Waals surface area contributed by atoms with Crippen LogP contribution in [0.15, 0.2) is 61.2 Å². The van der Waals surface area contributed by atoms with Crippen LogP contribution >= 0.6 is 0 Å². The van der Waals surface area contributed by atoms with E-state index in [1.807, 2.05) is 72.8 Å². The van der Waals surface area contributed by atoms with Crippen molar-refractivity contribution in [2.75, 3.05) is 0 Å². The molecule has 3 rings (SSSR count). The second kappa shape index (κ2) is 6.95. The zero-order chi connectivity index (χ0) is 15.2. The zero-order valence-corrected chi connectivity index (χ0v) is 12.6. The first-order valence-electron chi connectivity index (χ1n) is 7.33. The van der Waals surface area contributed by atoms with Gasteiger partial charge in [0, 0.05) is 43.9 Å². The van der Waals surface area contributed by atoms with Crippen LogP contribution in [-0.2, 0) is 20.0 Å². The van der Waals surface area contributed by atoms with Crippen LogP contribution < -0.4 is 5.32 Å². The first kappa shape index (κ1) is 14.4. The summed E-state index contributed by atoms with van der Waals surface area (Å²) in [5.41, 5.74) is 2.06. The Kier molecular flexibility index (Phi) is 4.56. The molecule has 22 heavy (non-hydrogen) atoms. The minimum absolute atomic E-state index is 0.104. The Hall–Kier alpha value is -2.53. The molecule has 0 spiro atoms. The van der Waals surface area contributed by atoms with Crippen molar-refractivity contribution in [3.05, 3.63) is 78.4 Å². The highest BCUT2D eigenvalue weighted by Crippen LogP contribution is 2.15. The predicted molar refractivity (Wildman–Crippen MR) is 85.0 cm³/mol. The Labute approximate surface area is 130 Å². The number of rotatable bonds is 6. The molecule has 1 N–H and O–H groups in total. The molecule has 0 saturated carbocycles. The molecule has 0 bridgehead atoms. The van der Waals surface area contributed by atoms with Crippen LogP contribution in [0.1, 0.15) is 23.3 Å². The van der Waals surface area contributed by atoms with Crippen LogP contribution in [0.2, 0.25) is 0 Å². The third-order valence-electron chi connectivity index (χ3n) is 3.61. The topological polar surface area (TPSA) is 55.6 Å². The lowest BCUT2D eigenvalue weighted by atomic mass is 10.1. The quantitative estimate of drug-likeness (QED) is 0.757. The van der Waals surface area contributed by atoms with Crippen molar-refractivity contribution in [2.45, 2.75) is 19.0 Å². The number of aryl methyl sites for hydroxylation is 1. The smallest absolute Gasteiger partial charge is 0.122 e. The number of pyridine rings is 2. The summed E-state index contributed by atoms with van der Waals surface area (Å²) in [7, 11) is 2.00. The Morgan fingerprint density at radius 3 is 2.45 bits per heavy atom. The average molecular weight is 293 g/mol. The van der Waals surface area contributed by atoms with E-state index in [0.717, 1.165) is 23.6 Å².